The van der Waals surface area contributed by atoms with Crippen LogP contribution in [0.15, 0.2) is 24.4 Å². The zero-order chi connectivity index (χ0) is 22.4. The zero-order valence-corrected chi connectivity index (χ0v) is 18.6. The summed E-state index contributed by atoms with van der Waals surface area (Å²) in [4.78, 5) is 8.82. The second kappa shape index (κ2) is 9.84. The van der Waals surface area contributed by atoms with Crippen LogP contribution in [0.2, 0.25) is 0 Å². The van der Waals surface area contributed by atoms with Crippen molar-refractivity contribution in [2.24, 2.45) is 5.41 Å². The Balaban J connectivity index is 1.67. The molecule has 1 aromatic carbocycles. The van der Waals surface area contributed by atoms with Crippen LogP contribution in [-0.2, 0) is 6.42 Å². The maximum atomic E-state index is 10.2. The standard InChI is InChI=1S/C23H31N5O3/c1-23(2)12-17(8-9-19(23)29)27-21-16(13-24)14-26-22(28-21)25-11-10-15-6-5-7-18(30-3)20(15)31-4/h5-7,14,17,19,29H,8-12H2,1-4H3,(H2,25,26,27,28)/p+1/t17-,19+/m1/s1. The third-order valence-corrected chi connectivity index (χ3v) is 5.92. The van der Waals surface area contributed by atoms with E-state index in [1.165, 1.54) is 0 Å². The lowest BCUT2D eigenvalue weighted by Gasteiger charge is -2.40. The van der Waals surface area contributed by atoms with Crippen LogP contribution in [-0.4, -0.2) is 52.7 Å². The van der Waals surface area contributed by atoms with Gasteiger partial charge in [0.25, 0.3) is 0 Å². The van der Waals surface area contributed by atoms with Crippen LogP contribution in [0.3, 0.4) is 0 Å². The van der Waals surface area contributed by atoms with Gasteiger partial charge in [0.05, 0.1) is 25.0 Å². The number of nitrogens with zero attached hydrogens (tertiary/aromatic N) is 3. The van der Waals surface area contributed by atoms with E-state index in [9.17, 15) is 10.4 Å². The van der Waals surface area contributed by atoms with Crippen LogP contribution >= 0.6 is 0 Å². The highest BCUT2D eigenvalue weighted by Crippen LogP contribution is 2.37. The highest BCUT2D eigenvalue weighted by molar-refractivity contribution is 5.54. The number of benzene rings is 1. The van der Waals surface area contributed by atoms with Crippen LogP contribution in [0.1, 0.15) is 44.2 Å². The van der Waals surface area contributed by atoms with Gasteiger partial charge in [0.1, 0.15) is 17.5 Å². The topological polar surface area (TPSA) is 116 Å². The van der Waals surface area contributed by atoms with Crippen LogP contribution in [0.25, 0.3) is 0 Å². The van der Waals surface area contributed by atoms with Crippen molar-refractivity contribution in [3.8, 4) is 17.6 Å². The minimum atomic E-state index is -0.306. The van der Waals surface area contributed by atoms with Gasteiger partial charge in [-0.05, 0) is 43.2 Å². The lowest BCUT2D eigenvalue weighted by atomic mass is 9.73. The quantitative estimate of drug-likeness (QED) is 0.555. The lowest BCUT2D eigenvalue weighted by Crippen LogP contribution is -2.41. The number of nitrogens with one attached hydrogen (secondary N) is 2. The minimum absolute atomic E-state index is 0.152. The number of aromatic nitrogens is 2. The van der Waals surface area contributed by atoms with Crippen LogP contribution in [0.5, 0.6) is 11.5 Å². The average Bonchev–Trinajstić information content (AvgIpc) is 2.76. The molecule has 8 heteroatoms. The van der Waals surface area contributed by atoms with Crippen molar-refractivity contribution in [3.63, 3.8) is 0 Å². The molecule has 1 aliphatic rings. The van der Waals surface area contributed by atoms with E-state index in [2.05, 4.69) is 45.3 Å². The van der Waals surface area contributed by atoms with Crippen molar-refractivity contribution >= 4 is 11.8 Å². The van der Waals surface area contributed by atoms with Gasteiger partial charge >= 0.3 is 5.75 Å². The maximum absolute atomic E-state index is 10.2. The molecule has 0 unspecified atom stereocenters. The van der Waals surface area contributed by atoms with E-state index in [4.69, 9.17) is 4.74 Å². The third-order valence-electron chi connectivity index (χ3n) is 5.92. The predicted molar refractivity (Wildman–Crippen MR) is 121 cm³/mol. The summed E-state index contributed by atoms with van der Waals surface area (Å²) in [5, 5.41) is 26.3. The summed E-state index contributed by atoms with van der Waals surface area (Å²) in [6.45, 7) is 4.75. The largest absolute Gasteiger partial charge is 0.582 e. The van der Waals surface area contributed by atoms with Gasteiger partial charge in [-0.25, -0.2) is 4.98 Å². The van der Waals surface area contributed by atoms with E-state index < -0.39 is 0 Å². The van der Waals surface area contributed by atoms with Gasteiger partial charge in [-0.3, -0.25) is 0 Å². The molecule has 4 N–H and O–H groups in total. The fourth-order valence-electron chi connectivity index (χ4n) is 4.10. The van der Waals surface area contributed by atoms with Gasteiger partial charge in [0.15, 0.2) is 7.11 Å². The summed E-state index contributed by atoms with van der Waals surface area (Å²) in [7, 11) is 3.39. The number of ether oxygens (including phenoxy) is 2. The smallest absolute Gasteiger partial charge is 0.300 e. The zero-order valence-electron chi connectivity index (χ0n) is 18.6. The van der Waals surface area contributed by atoms with Crippen molar-refractivity contribution in [1.82, 2.24) is 9.97 Å². The van der Waals surface area contributed by atoms with Gasteiger partial charge in [-0.1, -0.05) is 19.9 Å². The van der Waals surface area contributed by atoms with Crippen LogP contribution < -0.4 is 15.4 Å². The SMILES string of the molecule is COc1cccc(CCNc2ncc(C#N)c(N[C@@H]3CC[C@H](O)C(C)(C)C3)n2)c1[OH+]C. The molecule has 0 aliphatic heterocycles. The number of methoxy groups -OCH3 is 1. The highest BCUT2D eigenvalue weighted by Gasteiger charge is 2.35. The van der Waals surface area contributed by atoms with Crippen molar-refractivity contribution < 1.29 is 14.6 Å². The van der Waals surface area contributed by atoms with Gasteiger partial charge in [-0.15, -0.1) is 0 Å². The molecule has 0 amide bonds. The number of nitriles is 1. The number of para-hydroxylation sites is 1. The minimum Gasteiger partial charge on any atom is -0.582 e. The molecule has 1 heterocycles. The first-order valence-electron chi connectivity index (χ1n) is 10.6. The lowest BCUT2D eigenvalue weighted by molar-refractivity contribution is 0.00926. The number of hydrogen-bond acceptors (Lipinski definition) is 7. The van der Waals surface area contributed by atoms with Gasteiger partial charge in [0, 0.05) is 12.6 Å². The number of anilines is 2. The normalized spacial score (nSPS) is 19.9. The molecule has 1 aromatic heterocycles. The molecule has 2 aromatic rings. The summed E-state index contributed by atoms with van der Waals surface area (Å²) < 4.78 is 9.72. The fraction of sp³-hybridized carbons (Fsp3) is 0.522. The van der Waals surface area contributed by atoms with Gasteiger partial charge < -0.3 is 25.2 Å². The molecule has 1 fully saturated rings. The van der Waals surface area contributed by atoms with Crippen LogP contribution in [0, 0.1) is 16.7 Å². The molecule has 0 spiro atoms. The Morgan fingerprint density at radius 1 is 1.35 bits per heavy atom. The van der Waals surface area contributed by atoms with E-state index in [1.807, 2.05) is 18.2 Å². The third kappa shape index (κ3) is 5.36. The second-order valence-corrected chi connectivity index (χ2v) is 8.56. The summed E-state index contributed by atoms with van der Waals surface area (Å²) in [6.07, 6.45) is 4.34. The van der Waals surface area contributed by atoms with Crippen molar-refractivity contribution in [2.75, 3.05) is 31.4 Å². The summed E-state index contributed by atoms with van der Waals surface area (Å²) in [5.74, 6) is 2.59. The molecule has 166 valence electrons. The Bertz CT molecular complexity index is 941. The van der Waals surface area contributed by atoms with E-state index in [0.717, 1.165) is 42.7 Å². The first kappa shape index (κ1) is 22.6. The second-order valence-electron chi connectivity index (χ2n) is 8.56. The van der Waals surface area contributed by atoms with E-state index >= 15 is 0 Å². The first-order valence-corrected chi connectivity index (χ1v) is 10.6. The highest BCUT2D eigenvalue weighted by atomic mass is 16.5. The van der Waals surface area contributed by atoms with E-state index in [1.54, 1.807) is 20.4 Å². The average molecular weight is 427 g/mol. The molecular weight excluding hydrogens is 394 g/mol. The number of rotatable bonds is 8. The number of hydrogen-bond donors (Lipinski definition) is 3. The molecule has 0 bridgehead atoms. The summed E-state index contributed by atoms with van der Waals surface area (Å²) >= 11 is 0. The van der Waals surface area contributed by atoms with Crippen molar-refractivity contribution in [3.05, 3.63) is 35.5 Å². The molecule has 1 aliphatic carbocycles. The Labute approximate surface area is 183 Å². The summed E-state index contributed by atoms with van der Waals surface area (Å²) in [5.41, 5.74) is 1.31. The monoisotopic (exact) mass is 426 g/mol. The van der Waals surface area contributed by atoms with Crippen molar-refractivity contribution in [2.45, 2.75) is 51.7 Å². The molecule has 0 radical (unpaired) electrons. The number of aromatic hydroxyl groups is 1. The molecular formula is C23H32N5O3+. The predicted octanol–water partition coefficient (Wildman–Crippen LogP) is 3.23. The molecule has 8 nitrogen and oxygen atoms in total. The first-order chi connectivity index (χ1) is 14.9. The number of aliphatic hydroxyl groups is 2. The van der Waals surface area contributed by atoms with Crippen LogP contribution in [0.4, 0.5) is 11.8 Å². The van der Waals surface area contributed by atoms with Gasteiger partial charge in [0.2, 0.25) is 11.7 Å². The maximum Gasteiger partial charge on any atom is 0.300 e. The Kier molecular flexibility index (Phi) is 7.18. The molecule has 1 saturated carbocycles. The Morgan fingerprint density at radius 3 is 2.84 bits per heavy atom. The fourth-order valence-corrected chi connectivity index (χ4v) is 4.10. The molecule has 0 saturated heterocycles. The molecule has 3 rings (SSSR count). The van der Waals surface area contributed by atoms with E-state index in [0.29, 0.717) is 23.9 Å². The van der Waals surface area contributed by atoms with E-state index in [-0.39, 0.29) is 17.6 Å². The van der Waals surface area contributed by atoms with Gasteiger partial charge in [-0.2, -0.15) is 10.2 Å². The number of aliphatic hydroxyl groups excluding tert-OH is 1. The molecule has 31 heavy (non-hydrogen) atoms. The Hall–Kier alpha value is -3.05. The molecule has 2 atom stereocenters. The summed E-state index contributed by atoms with van der Waals surface area (Å²) in [6, 6.07) is 8.18. The van der Waals surface area contributed by atoms with Crippen molar-refractivity contribution in [1.29, 1.82) is 5.26 Å². The Morgan fingerprint density at radius 2 is 2.16 bits per heavy atom.